The van der Waals surface area contributed by atoms with E-state index in [0.29, 0.717) is 36.6 Å². The van der Waals surface area contributed by atoms with Crippen LogP contribution >= 0.6 is 0 Å². The Balaban J connectivity index is 1.83. The number of terminal acetylenes is 1. The van der Waals surface area contributed by atoms with Gasteiger partial charge >= 0.3 is 5.97 Å². The predicted octanol–water partition coefficient (Wildman–Crippen LogP) is 4.77. The van der Waals surface area contributed by atoms with Crippen molar-refractivity contribution in [3.8, 4) is 23.6 Å². The van der Waals surface area contributed by atoms with Crippen molar-refractivity contribution in [2.45, 2.75) is 46.6 Å². The molecule has 1 unspecified atom stereocenters. The number of nitrogens with zero attached hydrogens (tertiary/aromatic N) is 2. The molecule has 6 nitrogen and oxygen atoms in total. The summed E-state index contributed by atoms with van der Waals surface area (Å²) >= 11 is 0. The maximum absolute atomic E-state index is 14.1. The van der Waals surface area contributed by atoms with E-state index in [1.807, 2.05) is 30.7 Å². The molecule has 2 aliphatic rings. The first-order chi connectivity index (χ1) is 17.3. The first-order valence-corrected chi connectivity index (χ1v) is 12.7. The van der Waals surface area contributed by atoms with Crippen LogP contribution in [0.3, 0.4) is 0 Å². The number of nitrogens with one attached hydrogen (secondary N) is 1. The van der Waals surface area contributed by atoms with E-state index in [2.05, 4.69) is 30.8 Å². The van der Waals surface area contributed by atoms with Gasteiger partial charge in [-0.2, -0.15) is 0 Å². The summed E-state index contributed by atoms with van der Waals surface area (Å²) in [6.45, 7) is 12.4. The molecule has 1 amide bonds. The lowest BCUT2D eigenvalue weighted by molar-refractivity contribution is 0.0525. The number of ether oxygens (including phenoxy) is 1. The zero-order valence-electron chi connectivity index (χ0n) is 21.7. The Hall–Kier alpha value is -3.56. The number of hydrogen-bond acceptors (Lipinski definition) is 4. The molecule has 2 aromatic rings. The number of amides is 1. The number of likely N-dealkylation sites (tertiary alicyclic amines) is 1. The van der Waals surface area contributed by atoms with E-state index in [1.54, 1.807) is 17.9 Å². The van der Waals surface area contributed by atoms with Gasteiger partial charge in [0.25, 0.3) is 5.91 Å². The number of esters is 1. The molecule has 0 saturated carbocycles. The lowest BCUT2D eigenvalue weighted by atomic mass is 9.86. The highest BCUT2D eigenvalue weighted by Gasteiger charge is 2.32. The van der Waals surface area contributed by atoms with Gasteiger partial charge in [-0.25, -0.2) is 4.79 Å². The Kier molecular flexibility index (Phi) is 7.51. The lowest BCUT2D eigenvalue weighted by Crippen LogP contribution is -2.38. The zero-order valence-corrected chi connectivity index (χ0v) is 21.7. The Labute approximate surface area is 214 Å². The van der Waals surface area contributed by atoms with Crippen molar-refractivity contribution in [1.82, 2.24) is 14.8 Å². The highest BCUT2D eigenvalue weighted by atomic mass is 16.5. The molecule has 0 radical (unpaired) electrons. The topological polar surface area (TPSA) is 63.6 Å². The maximum atomic E-state index is 14.1. The van der Waals surface area contributed by atoms with Gasteiger partial charge < -0.3 is 19.5 Å². The number of carbonyl (C=O) groups excluding carboxylic acids is 2. The van der Waals surface area contributed by atoms with E-state index in [-0.39, 0.29) is 11.9 Å². The van der Waals surface area contributed by atoms with E-state index in [1.165, 1.54) is 5.56 Å². The monoisotopic (exact) mass is 485 g/mol. The summed E-state index contributed by atoms with van der Waals surface area (Å²) in [5.74, 6) is 2.49. The van der Waals surface area contributed by atoms with Gasteiger partial charge in [-0.05, 0) is 86.5 Å². The average molecular weight is 486 g/mol. The van der Waals surface area contributed by atoms with Crippen LogP contribution in [0.2, 0.25) is 0 Å². The van der Waals surface area contributed by atoms with Crippen LogP contribution in [0, 0.1) is 25.2 Å². The van der Waals surface area contributed by atoms with Crippen LogP contribution in [-0.4, -0.2) is 41.0 Å². The Morgan fingerprint density at radius 3 is 2.72 bits per heavy atom. The summed E-state index contributed by atoms with van der Waals surface area (Å²) in [6, 6.07) is 5.97. The van der Waals surface area contributed by atoms with E-state index < -0.39 is 0 Å². The van der Waals surface area contributed by atoms with Gasteiger partial charge in [0.1, 0.15) is 0 Å². The molecule has 1 N–H and O–H groups in total. The number of allylic oxidation sites excluding steroid dienone is 2. The van der Waals surface area contributed by atoms with Gasteiger partial charge in [0.2, 0.25) is 0 Å². The van der Waals surface area contributed by atoms with Crippen LogP contribution in [0.4, 0.5) is 0 Å². The zero-order chi connectivity index (χ0) is 26.0. The van der Waals surface area contributed by atoms with Crippen molar-refractivity contribution in [2.75, 3.05) is 19.7 Å². The molecule has 0 aliphatic carbocycles. The molecular weight excluding hydrogens is 450 g/mol. The Morgan fingerprint density at radius 2 is 2.03 bits per heavy atom. The fourth-order valence-corrected chi connectivity index (χ4v) is 5.28. The fourth-order valence-electron chi connectivity index (χ4n) is 5.28. The van der Waals surface area contributed by atoms with E-state index in [4.69, 9.17) is 11.2 Å². The molecule has 4 rings (SSSR count). The number of fused-ring (bicyclic) bond motifs is 1. The summed E-state index contributed by atoms with van der Waals surface area (Å²) in [5, 5.41) is 3.41. The van der Waals surface area contributed by atoms with Crippen molar-refractivity contribution in [1.29, 1.82) is 0 Å². The number of rotatable bonds is 5. The largest absolute Gasteiger partial charge is 0.462 e. The van der Waals surface area contributed by atoms with Crippen molar-refractivity contribution in [3.05, 3.63) is 70.1 Å². The second kappa shape index (κ2) is 10.6. The lowest BCUT2D eigenvalue weighted by Gasteiger charge is -2.36. The van der Waals surface area contributed by atoms with Gasteiger partial charge in [-0.15, -0.1) is 6.42 Å². The third-order valence-corrected chi connectivity index (χ3v) is 7.50. The first-order valence-electron chi connectivity index (χ1n) is 12.7. The Bertz CT molecular complexity index is 1290. The van der Waals surface area contributed by atoms with E-state index in [0.717, 1.165) is 59.7 Å². The van der Waals surface area contributed by atoms with Gasteiger partial charge in [0, 0.05) is 48.3 Å². The summed E-state index contributed by atoms with van der Waals surface area (Å²) in [5.41, 5.74) is 7.77. The summed E-state index contributed by atoms with van der Waals surface area (Å²) in [4.78, 5) is 28.5. The number of carbonyl (C=O) groups is 2. The van der Waals surface area contributed by atoms with Gasteiger partial charge in [0.15, 0.2) is 0 Å². The van der Waals surface area contributed by atoms with E-state index in [9.17, 15) is 9.59 Å². The van der Waals surface area contributed by atoms with E-state index >= 15 is 0 Å². The van der Waals surface area contributed by atoms with Crippen LogP contribution in [0.15, 0.2) is 42.1 Å². The molecule has 2 aliphatic heterocycles. The predicted molar refractivity (Wildman–Crippen MR) is 142 cm³/mol. The molecule has 1 saturated heterocycles. The van der Waals surface area contributed by atoms with Gasteiger partial charge in [-0.1, -0.05) is 19.4 Å². The number of benzene rings is 1. The molecule has 1 aromatic carbocycles. The molecule has 1 atom stereocenters. The standard InChI is InChI=1S/C30H35N3O3/c1-7-10-23-18-33(19(4)13-21(23)8-2)29(34)27-15-24-17-31-12-11-22(24)14-26(27)28-16-25(20(5)32(28)6)30(35)36-9-3/h1,10,14-16,21,31H,4,8-9,11-13,17-18H2,2-3,5-6H3/b23-10-. The second-order valence-corrected chi connectivity index (χ2v) is 9.55. The minimum Gasteiger partial charge on any atom is -0.462 e. The average Bonchev–Trinajstić information content (AvgIpc) is 3.18. The third kappa shape index (κ3) is 4.64. The first kappa shape index (κ1) is 25.5. The number of hydrogen-bond donors (Lipinski definition) is 1. The molecule has 36 heavy (non-hydrogen) atoms. The van der Waals surface area contributed by atoms with Crippen molar-refractivity contribution in [3.63, 3.8) is 0 Å². The molecule has 0 spiro atoms. The maximum Gasteiger partial charge on any atom is 0.339 e. The molecule has 6 heteroatoms. The van der Waals surface area contributed by atoms with Gasteiger partial charge in [0.05, 0.1) is 12.2 Å². The summed E-state index contributed by atoms with van der Waals surface area (Å²) in [6.07, 6.45) is 9.93. The molecule has 1 fully saturated rings. The van der Waals surface area contributed by atoms with Crippen LogP contribution in [0.1, 0.15) is 64.2 Å². The Morgan fingerprint density at radius 1 is 1.25 bits per heavy atom. The third-order valence-electron chi connectivity index (χ3n) is 7.50. The van der Waals surface area contributed by atoms with Crippen LogP contribution < -0.4 is 5.32 Å². The quantitative estimate of drug-likeness (QED) is 0.490. The highest BCUT2D eigenvalue weighted by molar-refractivity contribution is 6.03. The van der Waals surface area contributed by atoms with Crippen molar-refractivity contribution in [2.24, 2.45) is 13.0 Å². The van der Waals surface area contributed by atoms with Crippen LogP contribution in [-0.2, 0) is 24.8 Å². The highest BCUT2D eigenvalue weighted by Crippen LogP contribution is 2.36. The fraction of sp³-hybridized carbons (Fsp3) is 0.400. The van der Waals surface area contributed by atoms with Crippen LogP contribution in [0.5, 0.6) is 0 Å². The van der Waals surface area contributed by atoms with Crippen molar-refractivity contribution >= 4 is 11.9 Å². The SMILES string of the molecule is C#C/C=C1/CN(C(=O)c2cc3c(cc2-c2cc(C(=O)OCC)c(C)n2C)CCNC3)C(=C)CC1CC. The molecular formula is C30H35N3O3. The smallest absolute Gasteiger partial charge is 0.339 e. The normalized spacial score (nSPS) is 18.6. The number of aromatic nitrogens is 1. The minimum atomic E-state index is -0.356. The molecule has 1 aromatic heterocycles. The second-order valence-electron chi connectivity index (χ2n) is 9.55. The molecule has 0 bridgehead atoms. The van der Waals surface area contributed by atoms with Crippen LogP contribution in [0.25, 0.3) is 11.3 Å². The summed E-state index contributed by atoms with van der Waals surface area (Å²) < 4.78 is 7.24. The molecule has 188 valence electrons. The van der Waals surface area contributed by atoms with Gasteiger partial charge in [-0.3, -0.25) is 4.79 Å². The molecule has 3 heterocycles. The minimum absolute atomic E-state index is 0.0996. The van der Waals surface area contributed by atoms with Crippen molar-refractivity contribution < 1.29 is 14.3 Å². The summed E-state index contributed by atoms with van der Waals surface area (Å²) in [7, 11) is 1.92. The number of piperidine rings is 1.